The van der Waals surface area contributed by atoms with Crippen LogP contribution < -0.4 is 0 Å². The fourth-order valence-electron chi connectivity index (χ4n) is 1.54. The lowest BCUT2D eigenvalue weighted by atomic mass is 10.3. The summed E-state index contributed by atoms with van der Waals surface area (Å²) >= 11 is 0. The Hall–Kier alpha value is -0.770. The lowest BCUT2D eigenvalue weighted by Crippen LogP contribution is -2.25. The molecule has 0 unspecified atom stereocenters. The Balaban J connectivity index is 2.72. The van der Waals surface area contributed by atoms with Crippen LogP contribution in [-0.4, -0.2) is 32.0 Å². The van der Waals surface area contributed by atoms with Gasteiger partial charge in [0.2, 0.25) is 0 Å². The van der Waals surface area contributed by atoms with Crippen LogP contribution in [0.5, 0.6) is 0 Å². The molecule has 1 saturated carbocycles. The predicted molar refractivity (Wildman–Crippen MR) is 66.3 cm³/mol. The second kappa shape index (κ2) is 6.24. The molecule has 1 fully saturated rings. The molecule has 0 heterocycles. The minimum absolute atomic E-state index is 0.367. The molecule has 6 heteroatoms. The first-order chi connectivity index (χ1) is 8.09. The van der Waals surface area contributed by atoms with Gasteiger partial charge in [-0.05, 0) is 18.8 Å². The fourth-order valence-corrected chi connectivity index (χ4v) is 2.89. The first kappa shape index (κ1) is 14.3. The van der Waals surface area contributed by atoms with E-state index in [9.17, 15) is 4.57 Å². The molecule has 0 N–H and O–H groups in total. The van der Waals surface area contributed by atoms with E-state index in [2.05, 4.69) is 13.2 Å². The van der Waals surface area contributed by atoms with Gasteiger partial charge in [-0.15, -0.1) is 0 Å². The van der Waals surface area contributed by atoms with E-state index in [1.807, 2.05) is 0 Å². The molecule has 17 heavy (non-hydrogen) atoms. The molecule has 0 spiro atoms. The summed E-state index contributed by atoms with van der Waals surface area (Å²) in [7, 11) is -0.548. The molecule has 0 aromatic carbocycles. The number of allylic oxidation sites excluding steroid dienone is 1. The van der Waals surface area contributed by atoms with Gasteiger partial charge in [0.25, 0.3) is 0 Å². The Kier molecular flexibility index (Phi) is 5.25. The highest BCUT2D eigenvalue weighted by atomic mass is 31.2. The first-order valence-corrected chi connectivity index (χ1v) is 6.99. The molecule has 0 aliphatic heterocycles. The standard InChI is InChI=1S/C11H20NO4P/c1-5-16-9-8-12(10(2)11-6-7-11)17(13,14-3)15-4/h5,11H,1-2,6-9H2,3-4H3. The van der Waals surface area contributed by atoms with Crippen LogP contribution in [0.3, 0.4) is 0 Å². The Bertz CT molecular complexity index is 319. The predicted octanol–water partition coefficient (Wildman–Crippen LogP) is 2.77. The van der Waals surface area contributed by atoms with Gasteiger partial charge >= 0.3 is 7.75 Å². The third-order valence-corrected chi connectivity index (χ3v) is 4.65. The average Bonchev–Trinajstić information content (AvgIpc) is 3.17. The van der Waals surface area contributed by atoms with Crippen molar-refractivity contribution in [1.29, 1.82) is 0 Å². The first-order valence-electron chi connectivity index (χ1n) is 5.50. The molecule has 0 aromatic rings. The number of hydrogen-bond acceptors (Lipinski definition) is 4. The second-order valence-electron chi connectivity index (χ2n) is 3.76. The van der Waals surface area contributed by atoms with Crippen molar-refractivity contribution in [1.82, 2.24) is 4.67 Å². The van der Waals surface area contributed by atoms with E-state index in [1.165, 1.54) is 20.5 Å². The molecular formula is C11H20NO4P. The van der Waals surface area contributed by atoms with Crippen molar-refractivity contribution in [2.24, 2.45) is 5.92 Å². The van der Waals surface area contributed by atoms with E-state index in [4.69, 9.17) is 13.8 Å². The Morgan fingerprint density at radius 3 is 2.47 bits per heavy atom. The highest BCUT2D eigenvalue weighted by Crippen LogP contribution is 2.55. The lowest BCUT2D eigenvalue weighted by Gasteiger charge is -2.31. The van der Waals surface area contributed by atoms with Crippen molar-refractivity contribution in [3.05, 3.63) is 25.1 Å². The van der Waals surface area contributed by atoms with E-state index < -0.39 is 7.75 Å². The van der Waals surface area contributed by atoms with Gasteiger partial charge in [0.1, 0.15) is 6.61 Å². The highest BCUT2D eigenvalue weighted by molar-refractivity contribution is 7.51. The third kappa shape index (κ3) is 3.60. The maximum atomic E-state index is 12.4. The van der Waals surface area contributed by atoms with E-state index >= 15 is 0 Å². The van der Waals surface area contributed by atoms with Gasteiger partial charge in [0.05, 0.1) is 12.8 Å². The van der Waals surface area contributed by atoms with Crippen molar-refractivity contribution in [2.45, 2.75) is 12.8 Å². The molecule has 0 amide bonds. The van der Waals surface area contributed by atoms with E-state index in [-0.39, 0.29) is 0 Å². The third-order valence-electron chi connectivity index (χ3n) is 2.68. The zero-order chi connectivity index (χ0) is 12.9. The van der Waals surface area contributed by atoms with Crippen molar-refractivity contribution >= 4 is 7.75 Å². The summed E-state index contributed by atoms with van der Waals surface area (Å²) in [4.78, 5) is 0. The SMILES string of the molecule is C=COCCN(C(=C)C1CC1)P(=O)(OC)OC. The fraction of sp³-hybridized carbons (Fsp3) is 0.636. The molecule has 0 saturated heterocycles. The van der Waals surface area contributed by atoms with E-state index in [0.717, 1.165) is 18.5 Å². The largest absolute Gasteiger partial charge is 0.500 e. The molecule has 0 atom stereocenters. The molecule has 1 aliphatic carbocycles. The maximum absolute atomic E-state index is 12.4. The summed E-state index contributed by atoms with van der Waals surface area (Å²) in [5, 5.41) is 0. The molecule has 1 rings (SSSR count). The van der Waals surface area contributed by atoms with Crippen LogP contribution in [0.1, 0.15) is 12.8 Å². The number of rotatable bonds is 9. The molecule has 0 radical (unpaired) electrons. The van der Waals surface area contributed by atoms with E-state index in [1.54, 1.807) is 4.67 Å². The van der Waals surface area contributed by atoms with Gasteiger partial charge in [-0.1, -0.05) is 13.2 Å². The summed E-state index contributed by atoms with van der Waals surface area (Å²) in [6.45, 7) is 8.20. The molecule has 1 aliphatic rings. The summed E-state index contributed by atoms with van der Waals surface area (Å²) in [6, 6.07) is 0. The van der Waals surface area contributed by atoms with Gasteiger partial charge in [-0.3, -0.25) is 13.7 Å². The van der Waals surface area contributed by atoms with Crippen LogP contribution in [-0.2, 0) is 18.3 Å². The summed E-state index contributed by atoms with van der Waals surface area (Å²) in [6.07, 6.45) is 3.50. The zero-order valence-electron chi connectivity index (χ0n) is 10.4. The summed E-state index contributed by atoms with van der Waals surface area (Å²) < 4.78 is 29.0. The maximum Gasteiger partial charge on any atom is 0.434 e. The van der Waals surface area contributed by atoms with Gasteiger partial charge in [0.15, 0.2) is 0 Å². The zero-order valence-corrected chi connectivity index (χ0v) is 11.3. The van der Waals surface area contributed by atoms with Crippen LogP contribution in [0.15, 0.2) is 25.1 Å². The quantitative estimate of drug-likeness (QED) is 0.363. The van der Waals surface area contributed by atoms with Crippen LogP contribution in [0.4, 0.5) is 0 Å². The Morgan fingerprint density at radius 2 is 2.06 bits per heavy atom. The molecular weight excluding hydrogens is 241 g/mol. The van der Waals surface area contributed by atoms with Crippen LogP contribution in [0, 0.1) is 5.92 Å². The van der Waals surface area contributed by atoms with Crippen molar-refractivity contribution in [3.8, 4) is 0 Å². The minimum atomic E-state index is -3.28. The normalized spacial score (nSPS) is 15.4. The van der Waals surface area contributed by atoms with Crippen LogP contribution >= 0.6 is 7.75 Å². The summed E-state index contributed by atoms with van der Waals surface area (Å²) in [5.41, 5.74) is 0.796. The highest BCUT2D eigenvalue weighted by Gasteiger charge is 2.38. The van der Waals surface area contributed by atoms with Crippen LogP contribution in [0.25, 0.3) is 0 Å². The molecule has 98 valence electrons. The number of ether oxygens (including phenoxy) is 1. The Morgan fingerprint density at radius 1 is 1.47 bits per heavy atom. The number of nitrogens with zero attached hydrogens (tertiary/aromatic N) is 1. The van der Waals surface area contributed by atoms with Gasteiger partial charge < -0.3 is 4.74 Å². The van der Waals surface area contributed by atoms with E-state index in [0.29, 0.717) is 19.1 Å². The van der Waals surface area contributed by atoms with Gasteiger partial charge in [0, 0.05) is 19.9 Å². The monoisotopic (exact) mass is 261 g/mol. The van der Waals surface area contributed by atoms with Crippen LogP contribution in [0.2, 0.25) is 0 Å². The molecule has 0 aromatic heterocycles. The smallest absolute Gasteiger partial charge is 0.434 e. The van der Waals surface area contributed by atoms with Crippen molar-refractivity contribution in [2.75, 3.05) is 27.4 Å². The van der Waals surface area contributed by atoms with Gasteiger partial charge in [-0.2, -0.15) is 0 Å². The lowest BCUT2D eigenvalue weighted by molar-refractivity contribution is 0.186. The van der Waals surface area contributed by atoms with Crippen molar-refractivity contribution in [3.63, 3.8) is 0 Å². The minimum Gasteiger partial charge on any atom is -0.500 e. The topological polar surface area (TPSA) is 48.0 Å². The Labute approximate surface area is 103 Å². The number of hydrogen-bond donors (Lipinski definition) is 0. The molecule has 0 bridgehead atoms. The van der Waals surface area contributed by atoms with Gasteiger partial charge in [-0.25, -0.2) is 4.57 Å². The molecule has 5 nitrogen and oxygen atoms in total. The van der Waals surface area contributed by atoms with Crippen molar-refractivity contribution < 1.29 is 18.3 Å². The summed E-state index contributed by atoms with van der Waals surface area (Å²) in [5.74, 6) is 0.386. The second-order valence-corrected chi connectivity index (χ2v) is 5.91. The average molecular weight is 261 g/mol.